The van der Waals surface area contributed by atoms with E-state index in [0.29, 0.717) is 0 Å². The number of ether oxygens (including phenoxy) is 1. The molecule has 1 aliphatic rings. The molecule has 0 radical (unpaired) electrons. The summed E-state index contributed by atoms with van der Waals surface area (Å²) < 4.78 is 12.0. The van der Waals surface area contributed by atoms with Gasteiger partial charge < -0.3 is 9.15 Å². The van der Waals surface area contributed by atoms with Crippen molar-refractivity contribution in [3.05, 3.63) is 35.6 Å². The lowest BCUT2D eigenvalue weighted by molar-refractivity contribution is -0.0731. The van der Waals surface area contributed by atoms with Gasteiger partial charge in [0, 0.05) is 12.5 Å². The smallest absolute Gasteiger partial charge is 0.137 e. The second-order valence-electron chi connectivity index (χ2n) is 6.07. The average molecular weight is 288 g/mol. The number of aryl methyl sites for hydroxylation is 1. The highest BCUT2D eigenvalue weighted by molar-refractivity contribution is 5.81. The minimum absolute atomic E-state index is 0.116. The molecule has 1 aromatic heterocycles. The zero-order chi connectivity index (χ0) is 14.9. The van der Waals surface area contributed by atoms with Gasteiger partial charge >= 0.3 is 0 Å². The molecule has 1 unspecified atom stereocenters. The van der Waals surface area contributed by atoms with Crippen LogP contribution in [0.1, 0.15) is 49.5 Å². The summed E-state index contributed by atoms with van der Waals surface area (Å²) in [5, 5.41) is 1.12. The first-order valence-corrected chi connectivity index (χ1v) is 7.70. The van der Waals surface area contributed by atoms with Gasteiger partial charge in [-0.3, -0.25) is 5.84 Å². The Bertz CT molecular complexity index is 614. The van der Waals surface area contributed by atoms with Crippen LogP contribution in [-0.4, -0.2) is 12.7 Å². The van der Waals surface area contributed by atoms with Crippen molar-refractivity contribution in [3.63, 3.8) is 0 Å². The fourth-order valence-corrected chi connectivity index (χ4v) is 3.63. The van der Waals surface area contributed by atoms with E-state index in [9.17, 15) is 0 Å². The third-order valence-electron chi connectivity index (χ3n) is 4.84. The van der Waals surface area contributed by atoms with E-state index < -0.39 is 0 Å². The standard InChI is InChI=1S/C17H24N2O2/c1-12-7-6-8-13-11-14(21-15(12)13)16(19-18)17(20-2)9-4-3-5-10-17/h6-8,11,16,19H,3-5,9-10,18H2,1-2H3. The highest BCUT2D eigenvalue weighted by Gasteiger charge is 2.42. The lowest BCUT2D eigenvalue weighted by Crippen LogP contribution is -2.49. The molecule has 1 fully saturated rings. The van der Waals surface area contributed by atoms with Crippen molar-refractivity contribution in [1.82, 2.24) is 5.43 Å². The Hall–Kier alpha value is -1.36. The minimum atomic E-state index is -0.269. The van der Waals surface area contributed by atoms with Gasteiger partial charge in [-0.2, -0.15) is 0 Å². The van der Waals surface area contributed by atoms with Gasteiger partial charge in [0.2, 0.25) is 0 Å². The van der Waals surface area contributed by atoms with Crippen molar-refractivity contribution >= 4 is 11.0 Å². The predicted octanol–water partition coefficient (Wildman–Crippen LogP) is 3.59. The summed E-state index contributed by atoms with van der Waals surface area (Å²) in [4.78, 5) is 0. The van der Waals surface area contributed by atoms with Gasteiger partial charge in [-0.25, -0.2) is 5.43 Å². The maximum absolute atomic E-state index is 6.11. The summed E-state index contributed by atoms with van der Waals surface area (Å²) in [6.45, 7) is 2.06. The SMILES string of the molecule is COC1(C(NN)c2cc3cccc(C)c3o2)CCCCC1. The number of benzene rings is 1. The molecule has 3 N–H and O–H groups in total. The summed E-state index contributed by atoms with van der Waals surface area (Å²) in [5.41, 5.74) is 4.76. The Balaban J connectivity index is 2.02. The molecular weight excluding hydrogens is 264 g/mol. The average Bonchev–Trinajstić information content (AvgIpc) is 2.94. The van der Waals surface area contributed by atoms with E-state index >= 15 is 0 Å². The molecule has 0 bridgehead atoms. The number of hydrogen-bond acceptors (Lipinski definition) is 4. The van der Waals surface area contributed by atoms with Gasteiger partial charge in [0.15, 0.2) is 0 Å². The van der Waals surface area contributed by atoms with Crippen LogP contribution in [0.3, 0.4) is 0 Å². The van der Waals surface area contributed by atoms with Crippen molar-refractivity contribution in [2.24, 2.45) is 5.84 Å². The van der Waals surface area contributed by atoms with Crippen molar-refractivity contribution in [2.75, 3.05) is 7.11 Å². The maximum Gasteiger partial charge on any atom is 0.137 e. The van der Waals surface area contributed by atoms with Crippen molar-refractivity contribution in [2.45, 2.75) is 50.7 Å². The van der Waals surface area contributed by atoms with Crippen molar-refractivity contribution in [3.8, 4) is 0 Å². The largest absolute Gasteiger partial charge is 0.459 e. The molecule has 1 aliphatic carbocycles. The predicted molar refractivity (Wildman–Crippen MR) is 83.8 cm³/mol. The van der Waals surface area contributed by atoms with Gasteiger partial charge in [-0.15, -0.1) is 0 Å². The number of nitrogens with two attached hydrogens (primary N) is 1. The van der Waals surface area contributed by atoms with E-state index in [1.165, 1.54) is 19.3 Å². The molecule has 4 heteroatoms. The van der Waals surface area contributed by atoms with Crippen LogP contribution in [0.15, 0.2) is 28.7 Å². The van der Waals surface area contributed by atoms with Crippen molar-refractivity contribution in [1.29, 1.82) is 0 Å². The van der Waals surface area contributed by atoms with E-state index in [2.05, 4.69) is 36.6 Å². The van der Waals surface area contributed by atoms with Crippen LogP contribution in [0.2, 0.25) is 0 Å². The number of methoxy groups -OCH3 is 1. The zero-order valence-corrected chi connectivity index (χ0v) is 12.8. The topological polar surface area (TPSA) is 60.4 Å². The van der Waals surface area contributed by atoms with Crippen LogP contribution in [0.4, 0.5) is 0 Å². The lowest BCUT2D eigenvalue weighted by Gasteiger charge is -2.41. The van der Waals surface area contributed by atoms with Crippen LogP contribution in [0.25, 0.3) is 11.0 Å². The first-order valence-electron chi connectivity index (χ1n) is 7.70. The number of para-hydroxylation sites is 1. The maximum atomic E-state index is 6.11. The number of rotatable bonds is 4. The third-order valence-corrected chi connectivity index (χ3v) is 4.84. The van der Waals surface area contributed by atoms with Gasteiger partial charge in [0.05, 0.1) is 5.60 Å². The molecule has 2 aromatic rings. The first-order chi connectivity index (χ1) is 10.2. The molecular formula is C17H24N2O2. The molecule has 21 heavy (non-hydrogen) atoms. The van der Waals surface area contributed by atoms with E-state index in [-0.39, 0.29) is 11.6 Å². The van der Waals surface area contributed by atoms with Gasteiger partial charge in [0.25, 0.3) is 0 Å². The van der Waals surface area contributed by atoms with Crippen molar-refractivity contribution < 1.29 is 9.15 Å². The molecule has 1 heterocycles. The molecule has 1 aromatic carbocycles. The van der Waals surface area contributed by atoms with Crippen LogP contribution >= 0.6 is 0 Å². The highest BCUT2D eigenvalue weighted by Crippen LogP contribution is 2.42. The molecule has 1 saturated carbocycles. The fraction of sp³-hybridized carbons (Fsp3) is 0.529. The molecule has 114 valence electrons. The van der Waals surface area contributed by atoms with E-state index in [0.717, 1.165) is 35.1 Å². The molecule has 0 spiro atoms. The van der Waals surface area contributed by atoms with Gasteiger partial charge in [0.1, 0.15) is 17.4 Å². The Morgan fingerprint density at radius 2 is 2.05 bits per heavy atom. The molecule has 1 atom stereocenters. The van der Waals surface area contributed by atoms with E-state index in [1.54, 1.807) is 7.11 Å². The number of fused-ring (bicyclic) bond motifs is 1. The third kappa shape index (κ3) is 2.48. The van der Waals surface area contributed by atoms with Crippen LogP contribution in [-0.2, 0) is 4.74 Å². The summed E-state index contributed by atoms with van der Waals surface area (Å²) in [6.07, 6.45) is 5.63. The van der Waals surface area contributed by atoms with Crippen LogP contribution in [0, 0.1) is 6.92 Å². The number of furan rings is 1. The number of hydrogen-bond donors (Lipinski definition) is 2. The monoisotopic (exact) mass is 288 g/mol. The highest BCUT2D eigenvalue weighted by atomic mass is 16.5. The van der Waals surface area contributed by atoms with Crippen LogP contribution in [0.5, 0.6) is 0 Å². The Kier molecular flexibility index (Phi) is 4.02. The Morgan fingerprint density at radius 1 is 1.29 bits per heavy atom. The number of nitrogens with one attached hydrogen (secondary N) is 1. The fourth-order valence-electron chi connectivity index (χ4n) is 3.63. The Morgan fingerprint density at radius 3 is 2.67 bits per heavy atom. The summed E-state index contributed by atoms with van der Waals surface area (Å²) in [7, 11) is 1.78. The molecule has 0 saturated heterocycles. The summed E-state index contributed by atoms with van der Waals surface area (Å²) in [6, 6.07) is 8.15. The first kappa shape index (κ1) is 14.6. The molecule has 0 amide bonds. The Labute approximate surface area is 125 Å². The zero-order valence-electron chi connectivity index (χ0n) is 12.8. The normalized spacial score (nSPS) is 19.8. The van der Waals surface area contributed by atoms with E-state index in [1.807, 2.05) is 0 Å². The molecule has 3 rings (SSSR count). The molecule has 4 nitrogen and oxygen atoms in total. The number of hydrazine groups is 1. The summed E-state index contributed by atoms with van der Waals surface area (Å²) in [5.74, 6) is 6.73. The van der Waals surface area contributed by atoms with Gasteiger partial charge in [-0.1, -0.05) is 37.5 Å². The second kappa shape index (κ2) is 5.79. The second-order valence-corrected chi connectivity index (χ2v) is 6.07. The lowest BCUT2D eigenvalue weighted by atomic mass is 9.78. The quantitative estimate of drug-likeness (QED) is 0.666. The summed E-state index contributed by atoms with van der Waals surface area (Å²) >= 11 is 0. The molecule has 0 aliphatic heterocycles. The van der Waals surface area contributed by atoms with E-state index in [4.69, 9.17) is 15.0 Å². The van der Waals surface area contributed by atoms with Crippen LogP contribution < -0.4 is 11.3 Å². The van der Waals surface area contributed by atoms with Gasteiger partial charge in [-0.05, 0) is 31.4 Å². The minimum Gasteiger partial charge on any atom is -0.459 e.